The monoisotopic (exact) mass is 278 g/mol. The number of fused-ring (bicyclic) bond motifs is 3. The minimum Gasteiger partial charge on any atom is -0.393 e. The highest BCUT2D eigenvalue weighted by molar-refractivity contribution is 5.89. The predicted octanol–water partition coefficient (Wildman–Crippen LogP) is 2.81. The van der Waals surface area contributed by atoms with Gasteiger partial charge >= 0.3 is 0 Å². The first-order chi connectivity index (χ1) is 10.2. The summed E-state index contributed by atoms with van der Waals surface area (Å²) >= 11 is 0. The second-order valence-electron chi connectivity index (χ2n) is 6.38. The Hall–Kier alpha value is -1.89. The van der Waals surface area contributed by atoms with Crippen LogP contribution >= 0.6 is 0 Å². The molecule has 2 aliphatic heterocycles. The Bertz CT molecular complexity index is 748. The number of nitriles is 1. The first-order valence-electron chi connectivity index (χ1n) is 7.60. The normalized spacial score (nSPS) is 31.2. The Labute approximate surface area is 124 Å². The third-order valence-electron chi connectivity index (χ3n) is 5.10. The average Bonchev–Trinajstić information content (AvgIpc) is 2.82. The number of benzene rings is 2. The second-order valence-corrected chi connectivity index (χ2v) is 6.38. The van der Waals surface area contributed by atoms with E-state index in [2.05, 4.69) is 23.5 Å². The number of aliphatic hydroxyl groups is 1. The van der Waals surface area contributed by atoms with E-state index in [4.69, 9.17) is 0 Å². The maximum atomic E-state index is 10.2. The molecule has 106 valence electrons. The van der Waals surface area contributed by atoms with Crippen LogP contribution < -0.4 is 5.32 Å². The number of aliphatic hydroxyl groups excluding tert-OH is 1. The zero-order chi connectivity index (χ0) is 14.4. The number of nitrogens with one attached hydrogen (secondary N) is 1. The van der Waals surface area contributed by atoms with E-state index in [0.29, 0.717) is 12.5 Å². The molecule has 2 heterocycles. The van der Waals surface area contributed by atoms with E-state index >= 15 is 0 Å². The molecule has 21 heavy (non-hydrogen) atoms. The summed E-state index contributed by atoms with van der Waals surface area (Å²) in [6.07, 6.45) is 3.35. The van der Waals surface area contributed by atoms with Crippen molar-refractivity contribution in [3.05, 3.63) is 47.5 Å². The van der Waals surface area contributed by atoms with Gasteiger partial charge in [-0.3, -0.25) is 0 Å². The molecule has 0 radical (unpaired) electrons. The number of hydrogen-bond acceptors (Lipinski definition) is 3. The van der Waals surface area contributed by atoms with Gasteiger partial charge in [-0.2, -0.15) is 5.26 Å². The zero-order valence-electron chi connectivity index (χ0n) is 11.8. The Morgan fingerprint density at radius 3 is 2.95 bits per heavy atom. The minimum atomic E-state index is -0.267. The molecule has 2 bridgehead atoms. The van der Waals surface area contributed by atoms with Crippen molar-refractivity contribution < 1.29 is 5.11 Å². The van der Waals surface area contributed by atoms with Gasteiger partial charge in [-0.05, 0) is 42.0 Å². The van der Waals surface area contributed by atoms with Crippen LogP contribution in [0.1, 0.15) is 36.8 Å². The van der Waals surface area contributed by atoms with Crippen molar-refractivity contribution >= 4 is 10.8 Å². The van der Waals surface area contributed by atoms with Crippen LogP contribution in [-0.4, -0.2) is 17.3 Å². The highest BCUT2D eigenvalue weighted by Gasteiger charge is 2.47. The molecule has 2 aromatic rings. The fraction of sp³-hybridized carbons (Fsp3) is 0.389. The first kappa shape index (κ1) is 12.8. The Balaban J connectivity index is 1.93. The molecule has 3 atom stereocenters. The lowest BCUT2D eigenvalue weighted by molar-refractivity contribution is 0.0801. The Morgan fingerprint density at radius 1 is 1.24 bits per heavy atom. The largest absolute Gasteiger partial charge is 0.393 e. The van der Waals surface area contributed by atoms with Crippen molar-refractivity contribution in [3.8, 4) is 6.07 Å². The number of rotatable bonds is 1. The van der Waals surface area contributed by atoms with Gasteiger partial charge in [-0.15, -0.1) is 0 Å². The molecule has 0 aliphatic carbocycles. The molecule has 2 aliphatic rings. The van der Waals surface area contributed by atoms with E-state index in [-0.39, 0.29) is 11.6 Å². The van der Waals surface area contributed by atoms with Crippen molar-refractivity contribution in [2.45, 2.75) is 43.4 Å². The molecule has 2 aromatic carbocycles. The molecular formula is C18H18N2O. The topological polar surface area (TPSA) is 56.0 Å². The summed E-state index contributed by atoms with van der Waals surface area (Å²) in [5.74, 6) is 0. The fourth-order valence-corrected chi connectivity index (χ4v) is 4.22. The minimum absolute atomic E-state index is 0.225. The van der Waals surface area contributed by atoms with Crippen LogP contribution in [0.5, 0.6) is 0 Å². The van der Waals surface area contributed by atoms with Crippen LogP contribution in [0.25, 0.3) is 10.8 Å². The summed E-state index contributed by atoms with van der Waals surface area (Å²) in [6, 6.07) is 15.0. The van der Waals surface area contributed by atoms with Gasteiger partial charge in [-0.1, -0.05) is 36.4 Å². The van der Waals surface area contributed by atoms with Crippen LogP contribution in [0.15, 0.2) is 36.4 Å². The van der Waals surface area contributed by atoms with Gasteiger partial charge in [-0.25, -0.2) is 0 Å². The van der Waals surface area contributed by atoms with Gasteiger partial charge < -0.3 is 10.4 Å². The van der Waals surface area contributed by atoms with E-state index in [0.717, 1.165) is 41.2 Å². The molecule has 0 amide bonds. The van der Waals surface area contributed by atoms with Gasteiger partial charge in [0.2, 0.25) is 0 Å². The molecular weight excluding hydrogens is 260 g/mol. The molecule has 2 N–H and O–H groups in total. The van der Waals surface area contributed by atoms with Gasteiger partial charge in [0.15, 0.2) is 0 Å². The van der Waals surface area contributed by atoms with E-state index in [1.807, 2.05) is 24.3 Å². The van der Waals surface area contributed by atoms with Crippen molar-refractivity contribution in [2.24, 2.45) is 0 Å². The van der Waals surface area contributed by atoms with Crippen LogP contribution in [-0.2, 0) is 5.54 Å². The van der Waals surface area contributed by atoms with Gasteiger partial charge in [0.05, 0.1) is 11.7 Å². The SMILES string of the molecule is N#Cc1c(C23CCC(CC(O)C2)N3)ccc2ccccc12. The van der Waals surface area contributed by atoms with Crippen molar-refractivity contribution in [3.63, 3.8) is 0 Å². The summed E-state index contributed by atoms with van der Waals surface area (Å²) in [6.45, 7) is 0. The maximum Gasteiger partial charge on any atom is 0.100 e. The molecule has 4 rings (SSSR count). The summed E-state index contributed by atoms with van der Waals surface area (Å²) in [4.78, 5) is 0. The summed E-state index contributed by atoms with van der Waals surface area (Å²) in [7, 11) is 0. The standard InChI is InChI=1S/C18H18N2O/c19-11-16-15-4-2-1-3-12(15)5-6-17(16)18-8-7-13(20-18)9-14(21)10-18/h1-6,13-14,20-21H,7-10H2. The molecule has 0 aromatic heterocycles. The maximum absolute atomic E-state index is 10.2. The van der Waals surface area contributed by atoms with Gasteiger partial charge in [0.25, 0.3) is 0 Å². The zero-order valence-corrected chi connectivity index (χ0v) is 11.8. The number of nitrogens with zero attached hydrogens (tertiary/aromatic N) is 1. The Morgan fingerprint density at radius 2 is 2.10 bits per heavy atom. The third-order valence-corrected chi connectivity index (χ3v) is 5.10. The first-order valence-corrected chi connectivity index (χ1v) is 7.60. The summed E-state index contributed by atoms with van der Waals surface area (Å²) in [5, 5.41) is 25.7. The summed E-state index contributed by atoms with van der Waals surface area (Å²) < 4.78 is 0. The van der Waals surface area contributed by atoms with Crippen LogP contribution in [0.2, 0.25) is 0 Å². The van der Waals surface area contributed by atoms with Gasteiger partial charge in [0.1, 0.15) is 6.07 Å². The highest BCUT2D eigenvalue weighted by Crippen LogP contribution is 2.45. The predicted molar refractivity (Wildman–Crippen MR) is 81.7 cm³/mol. The molecule has 3 nitrogen and oxygen atoms in total. The third kappa shape index (κ3) is 1.87. The molecule has 2 saturated heterocycles. The van der Waals surface area contributed by atoms with Crippen molar-refractivity contribution in [1.29, 1.82) is 5.26 Å². The lowest BCUT2D eigenvalue weighted by atomic mass is 9.79. The van der Waals surface area contributed by atoms with Crippen LogP contribution in [0.4, 0.5) is 0 Å². The summed E-state index contributed by atoms with van der Waals surface area (Å²) in [5.41, 5.74) is 1.59. The Kier molecular flexibility index (Phi) is 2.78. The lowest BCUT2D eigenvalue weighted by Crippen LogP contribution is -2.49. The highest BCUT2D eigenvalue weighted by atomic mass is 16.3. The van der Waals surface area contributed by atoms with Crippen molar-refractivity contribution in [2.75, 3.05) is 0 Å². The van der Waals surface area contributed by atoms with E-state index in [1.54, 1.807) is 0 Å². The second kappa shape index (κ2) is 4.56. The molecule has 3 unspecified atom stereocenters. The molecule has 0 saturated carbocycles. The fourth-order valence-electron chi connectivity index (χ4n) is 4.22. The van der Waals surface area contributed by atoms with E-state index in [9.17, 15) is 10.4 Å². The quantitative estimate of drug-likeness (QED) is 0.843. The van der Waals surface area contributed by atoms with Crippen molar-refractivity contribution in [1.82, 2.24) is 5.32 Å². The smallest absolute Gasteiger partial charge is 0.100 e. The lowest BCUT2D eigenvalue weighted by Gasteiger charge is -2.38. The van der Waals surface area contributed by atoms with E-state index in [1.165, 1.54) is 0 Å². The molecule has 2 fully saturated rings. The number of piperidine rings is 1. The number of hydrogen-bond donors (Lipinski definition) is 2. The molecule has 0 spiro atoms. The molecule has 3 heteroatoms. The average molecular weight is 278 g/mol. The van der Waals surface area contributed by atoms with Crippen LogP contribution in [0, 0.1) is 11.3 Å². The van der Waals surface area contributed by atoms with Crippen LogP contribution in [0.3, 0.4) is 0 Å². The van der Waals surface area contributed by atoms with E-state index < -0.39 is 0 Å². The van der Waals surface area contributed by atoms with Gasteiger partial charge in [0, 0.05) is 11.6 Å².